The first-order valence-electron chi connectivity index (χ1n) is 7.04. The van der Waals surface area contributed by atoms with E-state index < -0.39 is 0 Å². The number of rotatable bonds is 1. The minimum atomic E-state index is 0. The molecule has 110 valence electrons. The average Bonchev–Trinajstić information content (AvgIpc) is 2.82. The van der Waals surface area contributed by atoms with Gasteiger partial charge < -0.3 is 15.4 Å². The van der Waals surface area contributed by atoms with E-state index in [1.165, 1.54) is 12.8 Å². The molecule has 2 aliphatic heterocycles. The van der Waals surface area contributed by atoms with Gasteiger partial charge in [0, 0.05) is 18.7 Å². The maximum absolute atomic E-state index is 6.17. The van der Waals surface area contributed by atoms with Gasteiger partial charge >= 0.3 is 0 Å². The second kappa shape index (κ2) is 6.65. The van der Waals surface area contributed by atoms with Gasteiger partial charge in [0.05, 0.1) is 0 Å². The van der Waals surface area contributed by atoms with Crippen LogP contribution in [0, 0.1) is 5.92 Å². The van der Waals surface area contributed by atoms with Gasteiger partial charge in [-0.25, -0.2) is 4.99 Å². The van der Waals surface area contributed by atoms with Crippen molar-refractivity contribution >= 4 is 29.9 Å². The summed E-state index contributed by atoms with van der Waals surface area (Å²) in [6.45, 7) is 4.91. The van der Waals surface area contributed by atoms with E-state index in [0.29, 0.717) is 18.5 Å². The Hall–Kier alpha value is -0.980. The van der Waals surface area contributed by atoms with Crippen molar-refractivity contribution < 1.29 is 4.74 Å². The Labute approximate surface area is 137 Å². The molecule has 0 saturated carbocycles. The van der Waals surface area contributed by atoms with Crippen LogP contribution >= 0.6 is 24.0 Å². The predicted molar refractivity (Wildman–Crippen MR) is 91.7 cm³/mol. The molecule has 2 N–H and O–H groups in total. The Kier molecular flexibility index (Phi) is 5.12. The van der Waals surface area contributed by atoms with Crippen molar-refractivity contribution in [3.8, 4) is 5.75 Å². The van der Waals surface area contributed by atoms with Crippen LogP contribution in [0.15, 0.2) is 29.3 Å². The van der Waals surface area contributed by atoms with Gasteiger partial charge in [-0.15, -0.1) is 24.0 Å². The average molecular weight is 387 g/mol. The van der Waals surface area contributed by atoms with Crippen LogP contribution in [0.4, 0.5) is 0 Å². The van der Waals surface area contributed by atoms with Gasteiger partial charge in [0.25, 0.3) is 0 Å². The fraction of sp³-hybridized carbons (Fsp3) is 0.533. The molecule has 2 aliphatic rings. The topological polar surface area (TPSA) is 50.8 Å². The third kappa shape index (κ3) is 3.19. The highest BCUT2D eigenvalue weighted by Crippen LogP contribution is 2.34. The van der Waals surface area contributed by atoms with Gasteiger partial charge in [-0.05, 0) is 24.8 Å². The maximum atomic E-state index is 6.17. The van der Waals surface area contributed by atoms with E-state index in [4.69, 9.17) is 10.5 Å². The highest BCUT2D eigenvalue weighted by molar-refractivity contribution is 14.0. The van der Waals surface area contributed by atoms with E-state index in [1.807, 2.05) is 18.2 Å². The predicted octanol–water partition coefficient (Wildman–Crippen LogP) is 2.78. The molecule has 2 atom stereocenters. The summed E-state index contributed by atoms with van der Waals surface area (Å²) in [5.41, 5.74) is 7.32. The molecule has 3 rings (SSSR count). The van der Waals surface area contributed by atoms with E-state index in [1.54, 1.807) is 0 Å². The zero-order valence-corrected chi connectivity index (χ0v) is 14.1. The number of hydrogen-bond donors (Lipinski definition) is 1. The summed E-state index contributed by atoms with van der Waals surface area (Å²) in [5, 5.41) is 0. The fourth-order valence-electron chi connectivity index (χ4n) is 2.89. The minimum absolute atomic E-state index is 0. The molecular formula is C15H22IN3O. The van der Waals surface area contributed by atoms with Crippen LogP contribution in [-0.2, 0) is 0 Å². The third-order valence-corrected chi connectivity index (χ3v) is 3.94. The van der Waals surface area contributed by atoms with Gasteiger partial charge in [0.15, 0.2) is 5.96 Å². The lowest BCUT2D eigenvalue weighted by Crippen LogP contribution is -2.43. The van der Waals surface area contributed by atoms with Crippen LogP contribution in [0.3, 0.4) is 0 Å². The molecule has 0 spiro atoms. The van der Waals surface area contributed by atoms with Crippen LogP contribution in [0.5, 0.6) is 5.75 Å². The molecule has 4 nitrogen and oxygen atoms in total. The number of hydrogen-bond acceptors (Lipinski definition) is 2. The first kappa shape index (κ1) is 15.4. The molecule has 1 aromatic carbocycles. The van der Waals surface area contributed by atoms with Crippen LogP contribution in [0.25, 0.3) is 0 Å². The number of aliphatic imine (C=N–C) groups is 1. The molecule has 1 saturated heterocycles. The van der Waals surface area contributed by atoms with Crippen molar-refractivity contribution in [3.63, 3.8) is 0 Å². The SMILES string of the molecule is CC1CCCN(C(N)=NC2COc3ccccc32)C1.I. The molecule has 2 unspecified atom stereocenters. The van der Waals surface area contributed by atoms with Gasteiger partial charge in [-0.2, -0.15) is 0 Å². The standard InChI is InChI=1S/C15H21N3O.HI/c1-11-5-4-8-18(9-11)15(16)17-13-10-19-14-7-3-2-6-12(13)14;/h2-3,6-7,11,13H,4-5,8-10H2,1H3,(H2,16,17);1H. The molecule has 0 radical (unpaired) electrons. The van der Waals surface area contributed by atoms with E-state index in [-0.39, 0.29) is 30.0 Å². The van der Waals surface area contributed by atoms with Gasteiger partial charge in [-0.1, -0.05) is 25.1 Å². The van der Waals surface area contributed by atoms with Gasteiger partial charge in [0.1, 0.15) is 18.4 Å². The van der Waals surface area contributed by atoms with Crippen molar-refractivity contribution in [2.75, 3.05) is 19.7 Å². The quantitative estimate of drug-likeness (QED) is 0.458. The van der Waals surface area contributed by atoms with Gasteiger partial charge in [-0.3, -0.25) is 0 Å². The molecule has 0 aromatic heterocycles. The Bertz CT molecular complexity index is 492. The lowest BCUT2D eigenvalue weighted by atomic mass is 10.0. The molecule has 20 heavy (non-hydrogen) atoms. The Morgan fingerprint density at radius 3 is 3.00 bits per heavy atom. The van der Waals surface area contributed by atoms with E-state index in [0.717, 1.165) is 24.4 Å². The molecule has 1 aromatic rings. The molecule has 5 heteroatoms. The summed E-state index contributed by atoms with van der Waals surface area (Å²) < 4.78 is 5.64. The lowest BCUT2D eigenvalue weighted by Gasteiger charge is -2.32. The smallest absolute Gasteiger partial charge is 0.192 e. The molecule has 0 bridgehead atoms. The normalized spacial score (nSPS) is 25.6. The van der Waals surface area contributed by atoms with Crippen LogP contribution in [0.1, 0.15) is 31.4 Å². The zero-order valence-electron chi connectivity index (χ0n) is 11.8. The number of ether oxygens (including phenoxy) is 1. The summed E-state index contributed by atoms with van der Waals surface area (Å²) in [7, 11) is 0. The van der Waals surface area contributed by atoms with Crippen LogP contribution in [-0.4, -0.2) is 30.6 Å². The van der Waals surface area contributed by atoms with Crippen LogP contribution < -0.4 is 10.5 Å². The number of likely N-dealkylation sites (tertiary alicyclic amines) is 1. The number of halogens is 1. The summed E-state index contributed by atoms with van der Waals surface area (Å²) in [6.07, 6.45) is 2.49. The highest BCUT2D eigenvalue weighted by atomic mass is 127. The second-order valence-electron chi connectivity index (χ2n) is 5.55. The first-order chi connectivity index (χ1) is 9.24. The summed E-state index contributed by atoms with van der Waals surface area (Å²) >= 11 is 0. The molecule has 2 heterocycles. The Morgan fingerprint density at radius 1 is 1.40 bits per heavy atom. The zero-order chi connectivity index (χ0) is 13.2. The number of piperidine rings is 1. The van der Waals surface area contributed by atoms with Crippen molar-refractivity contribution in [1.29, 1.82) is 0 Å². The number of guanidine groups is 1. The van der Waals surface area contributed by atoms with Crippen molar-refractivity contribution in [1.82, 2.24) is 4.90 Å². The molecule has 1 fully saturated rings. The van der Waals surface area contributed by atoms with Crippen LogP contribution in [0.2, 0.25) is 0 Å². The van der Waals surface area contributed by atoms with Crippen molar-refractivity contribution in [2.45, 2.75) is 25.8 Å². The third-order valence-electron chi connectivity index (χ3n) is 3.94. The van der Waals surface area contributed by atoms with Crippen molar-refractivity contribution in [3.05, 3.63) is 29.8 Å². The number of para-hydroxylation sites is 1. The molecular weight excluding hydrogens is 365 g/mol. The van der Waals surface area contributed by atoms with E-state index >= 15 is 0 Å². The number of fused-ring (bicyclic) bond motifs is 1. The van der Waals surface area contributed by atoms with E-state index in [9.17, 15) is 0 Å². The monoisotopic (exact) mass is 387 g/mol. The number of nitrogens with two attached hydrogens (primary N) is 1. The Morgan fingerprint density at radius 2 is 2.20 bits per heavy atom. The largest absolute Gasteiger partial charge is 0.491 e. The maximum Gasteiger partial charge on any atom is 0.192 e. The van der Waals surface area contributed by atoms with E-state index in [2.05, 4.69) is 22.9 Å². The Balaban J connectivity index is 0.00000147. The molecule has 0 amide bonds. The first-order valence-corrected chi connectivity index (χ1v) is 7.04. The summed E-state index contributed by atoms with van der Waals surface area (Å²) in [4.78, 5) is 6.87. The summed E-state index contributed by atoms with van der Waals surface area (Å²) in [5.74, 6) is 2.31. The second-order valence-corrected chi connectivity index (χ2v) is 5.55. The lowest BCUT2D eigenvalue weighted by molar-refractivity contribution is 0.268. The fourth-order valence-corrected chi connectivity index (χ4v) is 2.89. The van der Waals surface area contributed by atoms with Crippen molar-refractivity contribution in [2.24, 2.45) is 16.6 Å². The van der Waals surface area contributed by atoms with Gasteiger partial charge in [0.2, 0.25) is 0 Å². The number of nitrogens with zero attached hydrogens (tertiary/aromatic N) is 2. The minimum Gasteiger partial charge on any atom is -0.491 e. The number of benzene rings is 1. The summed E-state index contributed by atoms with van der Waals surface area (Å²) in [6, 6.07) is 8.12. The molecule has 0 aliphatic carbocycles. The highest BCUT2D eigenvalue weighted by Gasteiger charge is 2.25.